The molecule has 1 aromatic heterocycles. The molecule has 5 atom stereocenters. The van der Waals surface area contributed by atoms with E-state index in [4.69, 9.17) is 33.0 Å². The number of unbranched alkanes of at least 4 members (excludes halogenated alkanes) is 7. The van der Waals surface area contributed by atoms with Crippen LogP contribution >= 0.6 is 35.0 Å². The van der Waals surface area contributed by atoms with Crippen LogP contribution in [0.3, 0.4) is 0 Å². The number of carboxylic acid groups (broad SMARTS) is 2. The van der Waals surface area contributed by atoms with Crippen LogP contribution in [0.25, 0.3) is 0 Å². The zero-order valence-corrected chi connectivity index (χ0v) is 33.5. The summed E-state index contributed by atoms with van der Waals surface area (Å²) in [4.78, 5) is 29.5. The molecule has 0 amide bonds. The van der Waals surface area contributed by atoms with Crippen LogP contribution in [-0.2, 0) is 14.3 Å². The van der Waals surface area contributed by atoms with Crippen LogP contribution < -0.4 is 0 Å². The molecule has 11 heteroatoms. The van der Waals surface area contributed by atoms with Crippen molar-refractivity contribution >= 4 is 55.0 Å². The van der Waals surface area contributed by atoms with Gasteiger partial charge in [-0.15, -0.1) is 11.8 Å². The molecule has 0 aliphatic heterocycles. The van der Waals surface area contributed by atoms with Crippen molar-refractivity contribution in [3.8, 4) is 0 Å². The Hall–Kier alpha value is -1.52. The molecule has 0 spiro atoms. The molecule has 0 aliphatic rings. The van der Waals surface area contributed by atoms with E-state index in [0.29, 0.717) is 16.5 Å². The maximum atomic E-state index is 13.5. The third-order valence-electron chi connectivity index (χ3n) is 9.66. The lowest BCUT2D eigenvalue weighted by molar-refractivity contribution is -0.158. The first-order chi connectivity index (χ1) is 22.6. The van der Waals surface area contributed by atoms with Crippen molar-refractivity contribution < 1.29 is 24.5 Å². The number of imidazole rings is 1. The maximum Gasteiger partial charge on any atom is 0.309 e. The number of benzene rings is 1. The Morgan fingerprint density at radius 3 is 2.02 bits per heavy atom. The Labute approximate surface area is 304 Å². The molecule has 0 saturated carbocycles. The molecular formula is C37H60Cl2N2O5SSi. The Bertz CT molecular complexity index is 1220. The molecule has 0 fully saturated rings. The smallest absolute Gasteiger partial charge is 0.309 e. The Morgan fingerprint density at radius 2 is 1.54 bits per heavy atom. The highest BCUT2D eigenvalue weighted by atomic mass is 35.5. The van der Waals surface area contributed by atoms with Gasteiger partial charge in [-0.3, -0.25) is 9.59 Å². The van der Waals surface area contributed by atoms with E-state index < -0.39 is 31.7 Å². The summed E-state index contributed by atoms with van der Waals surface area (Å²) in [6.45, 7) is 13.5. The van der Waals surface area contributed by atoms with Crippen molar-refractivity contribution in [2.45, 2.75) is 140 Å². The van der Waals surface area contributed by atoms with Gasteiger partial charge in [-0.25, -0.2) is 4.98 Å². The normalized spacial score (nSPS) is 16.0. The van der Waals surface area contributed by atoms with Gasteiger partial charge >= 0.3 is 11.9 Å². The van der Waals surface area contributed by atoms with E-state index in [2.05, 4.69) is 38.5 Å². The standard InChI is InChI=1S/C37H60Cl2N2O5SSi/c1-27(2)35(31(18-21-48(5,6)7)37(3,36(44)45)25-33(46-4)41-20-19-40-26-41)32(47-30-23-28(38)22-29(39)24-30)16-14-12-10-8-9-11-13-15-17-34(42)43/h19-20,22-24,26-27,31-33,35H,8-18,21,25H2,1-7H3,(H,42,43)(H,44,45). The minimum Gasteiger partial charge on any atom is -0.481 e. The largest absolute Gasteiger partial charge is 0.481 e. The summed E-state index contributed by atoms with van der Waals surface area (Å²) < 4.78 is 7.78. The summed E-state index contributed by atoms with van der Waals surface area (Å²) in [6, 6.07) is 6.74. The quantitative estimate of drug-likeness (QED) is 0.0593. The van der Waals surface area contributed by atoms with Crippen LogP contribution in [0, 0.1) is 23.2 Å². The molecule has 48 heavy (non-hydrogen) atoms. The van der Waals surface area contributed by atoms with Gasteiger partial charge in [0.25, 0.3) is 0 Å². The number of thioether (sulfide) groups is 1. The second-order valence-electron chi connectivity index (χ2n) is 15.2. The molecule has 0 aliphatic carbocycles. The number of nitrogens with zero attached hydrogens (tertiary/aromatic N) is 2. The predicted molar refractivity (Wildman–Crippen MR) is 203 cm³/mol. The van der Waals surface area contributed by atoms with Gasteiger partial charge in [-0.2, -0.15) is 0 Å². The lowest BCUT2D eigenvalue weighted by Crippen LogP contribution is -2.46. The highest BCUT2D eigenvalue weighted by Gasteiger charge is 2.49. The van der Waals surface area contributed by atoms with Gasteiger partial charge < -0.3 is 19.5 Å². The molecular weight excluding hydrogens is 683 g/mol. The third-order valence-corrected chi connectivity index (χ3v) is 13.2. The van der Waals surface area contributed by atoms with Crippen molar-refractivity contribution in [2.24, 2.45) is 23.2 Å². The first-order valence-corrected chi connectivity index (χ1v) is 23.0. The third kappa shape index (κ3) is 14.8. The molecule has 2 rings (SSSR count). The number of methoxy groups -OCH3 is 1. The van der Waals surface area contributed by atoms with Gasteiger partial charge in [0.2, 0.25) is 0 Å². The number of aliphatic carboxylic acids is 2. The molecule has 2 N–H and O–H groups in total. The Morgan fingerprint density at radius 1 is 0.958 bits per heavy atom. The van der Waals surface area contributed by atoms with Crippen LogP contribution in [-0.4, -0.2) is 52.1 Å². The first kappa shape index (κ1) is 42.6. The zero-order chi connectivity index (χ0) is 35.9. The van der Waals surface area contributed by atoms with Gasteiger partial charge in [0, 0.05) is 60.6 Å². The molecule has 1 aromatic carbocycles. The topological polar surface area (TPSA) is 102 Å². The highest BCUT2D eigenvalue weighted by Crippen LogP contribution is 2.51. The number of carbonyl (C=O) groups is 2. The summed E-state index contributed by atoms with van der Waals surface area (Å²) in [6.07, 6.45) is 15.5. The van der Waals surface area contributed by atoms with Crippen molar-refractivity contribution in [3.63, 3.8) is 0 Å². The van der Waals surface area contributed by atoms with Crippen LogP contribution in [0.5, 0.6) is 0 Å². The minimum atomic E-state index is -1.51. The van der Waals surface area contributed by atoms with E-state index in [9.17, 15) is 14.7 Å². The van der Waals surface area contributed by atoms with Crippen LogP contribution in [0.2, 0.25) is 35.7 Å². The van der Waals surface area contributed by atoms with Crippen LogP contribution in [0.4, 0.5) is 0 Å². The van der Waals surface area contributed by atoms with E-state index in [0.717, 1.165) is 75.1 Å². The molecule has 1 heterocycles. The maximum absolute atomic E-state index is 13.5. The summed E-state index contributed by atoms with van der Waals surface area (Å²) in [5.74, 6) is -1.25. The zero-order valence-electron chi connectivity index (χ0n) is 30.2. The fraction of sp³-hybridized carbons (Fsp3) is 0.703. The molecule has 0 radical (unpaired) electrons. The summed E-state index contributed by atoms with van der Waals surface area (Å²) in [5, 5.41) is 21.3. The summed E-state index contributed by atoms with van der Waals surface area (Å²) in [5.41, 5.74) is -1.05. The Balaban J connectivity index is 2.41. The number of halogens is 2. The number of carboxylic acids is 2. The molecule has 0 bridgehead atoms. The number of hydrogen-bond acceptors (Lipinski definition) is 5. The van der Waals surface area contributed by atoms with Gasteiger partial charge in [0.05, 0.1) is 11.7 Å². The van der Waals surface area contributed by atoms with Gasteiger partial charge in [0.15, 0.2) is 0 Å². The van der Waals surface area contributed by atoms with Crippen molar-refractivity contribution in [1.82, 2.24) is 9.55 Å². The molecule has 7 nitrogen and oxygen atoms in total. The van der Waals surface area contributed by atoms with Gasteiger partial charge in [0.1, 0.15) is 6.23 Å². The number of aromatic nitrogens is 2. The fourth-order valence-electron chi connectivity index (χ4n) is 6.97. The second kappa shape index (κ2) is 21.0. The van der Waals surface area contributed by atoms with E-state index >= 15 is 0 Å². The van der Waals surface area contributed by atoms with Gasteiger partial charge in [-0.1, -0.05) is 114 Å². The van der Waals surface area contributed by atoms with Crippen LogP contribution in [0.15, 0.2) is 41.8 Å². The molecule has 0 saturated heterocycles. The number of hydrogen-bond donors (Lipinski definition) is 2. The Kier molecular flexibility index (Phi) is 18.6. The summed E-state index contributed by atoms with van der Waals surface area (Å²) >= 11 is 14.8. The average molecular weight is 744 g/mol. The van der Waals surface area contributed by atoms with E-state index in [1.54, 1.807) is 37.5 Å². The molecule has 5 unspecified atom stereocenters. The van der Waals surface area contributed by atoms with Crippen LogP contribution in [0.1, 0.15) is 104 Å². The predicted octanol–water partition coefficient (Wildman–Crippen LogP) is 11.6. The average Bonchev–Trinajstić information content (AvgIpc) is 3.52. The number of rotatable bonds is 25. The highest BCUT2D eigenvalue weighted by molar-refractivity contribution is 8.00. The van der Waals surface area contributed by atoms with E-state index in [1.807, 2.05) is 29.8 Å². The fourth-order valence-corrected chi connectivity index (χ4v) is 10.5. The van der Waals surface area contributed by atoms with Crippen molar-refractivity contribution in [1.29, 1.82) is 0 Å². The van der Waals surface area contributed by atoms with Gasteiger partial charge in [-0.05, 0) is 55.7 Å². The van der Waals surface area contributed by atoms with E-state index in [1.165, 1.54) is 0 Å². The lowest BCUT2D eigenvalue weighted by Gasteiger charge is -2.46. The lowest BCUT2D eigenvalue weighted by atomic mass is 9.63. The monoisotopic (exact) mass is 742 g/mol. The second-order valence-corrected chi connectivity index (χ2v) is 23.0. The van der Waals surface area contributed by atoms with Crippen molar-refractivity contribution in [3.05, 3.63) is 47.0 Å². The first-order valence-electron chi connectivity index (χ1n) is 17.7. The SMILES string of the molecule is COC(CC(C)(C(=O)O)C(CC[Si](C)(C)C)C(C(C)C)C(CCCCCCCCCCC(=O)O)Sc1cc(Cl)cc(Cl)c1)n1ccnc1. The minimum absolute atomic E-state index is 0.0964. The number of ether oxygens (including phenoxy) is 1. The molecule has 2 aromatic rings. The molecule has 272 valence electrons. The summed E-state index contributed by atoms with van der Waals surface area (Å²) in [7, 11) is 0.133. The van der Waals surface area contributed by atoms with Crippen molar-refractivity contribution in [2.75, 3.05) is 7.11 Å². The van der Waals surface area contributed by atoms with E-state index in [-0.39, 0.29) is 29.4 Å².